The molecule has 2 rings (SSSR count). The van der Waals surface area contributed by atoms with E-state index in [2.05, 4.69) is 0 Å². The molecule has 0 radical (unpaired) electrons. The molecule has 24 heavy (non-hydrogen) atoms. The minimum Gasteiger partial charge on any atom is -0.480 e. The largest absolute Gasteiger partial charge is 0.480 e. The Hall–Kier alpha value is -2.08. The first kappa shape index (κ1) is 18.3. The molecule has 1 aliphatic rings. The van der Waals surface area contributed by atoms with E-state index in [0.717, 1.165) is 0 Å². The van der Waals surface area contributed by atoms with Gasteiger partial charge in [-0.3, -0.25) is 14.5 Å². The molecule has 1 N–H and O–H groups in total. The molecule has 0 saturated carbocycles. The maximum atomic E-state index is 12.8. The van der Waals surface area contributed by atoms with Crippen molar-refractivity contribution in [2.75, 3.05) is 10.8 Å². The van der Waals surface area contributed by atoms with Gasteiger partial charge in [-0.1, -0.05) is 20.8 Å². The zero-order chi connectivity index (χ0) is 18.0. The molecular weight excluding hydrogens is 334 g/mol. The van der Waals surface area contributed by atoms with Crippen molar-refractivity contribution in [2.45, 2.75) is 39.3 Å². The Kier molecular flexibility index (Phi) is 5.49. The van der Waals surface area contributed by atoms with Gasteiger partial charge in [0.05, 0.1) is 11.6 Å². The lowest BCUT2D eigenvalue weighted by molar-refractivity contribution is -0.141. The number of carboxylic acid groups (broad SMARTS) is 1. The second-order valence-corrected chi connectivity index (χ2v) is 6.26. The number of anilines is 1. The van der Waals surface area contributed by atoms with E-state index in [1.807, 2.05) is 13.8 Å². The molecule has 0 saturated heterocycles. The molecule has 7 heteroatoms. The fraction of sp³-hybridized carbons (Fsp3) is 0.471. The van der Waals surface area contributed by atoms with Crippen molar-refractivity contribution in [3.63, 3.8) is 0 Å². The van der Waals surface area contributed by atoms with Crippen molar-refractivity contribution in [1.29, 1.82) is 0 Å². The van der Waals surface area contributed by atoms with E-state index in [9.17, 15) is 19.5 Å². The van der Waals surface area contributed by atoms with Crippen LogP contribution < -0.4 is 9.64 Å². The van der Waals surface area contributed by atoms with Gasteiger partial charge in [0, 0.05) is 5.56 Å². The minimum absolute atomic E-state index is 0.122. The normalized spacial score (nSPS) is 18.1. The molecule has 2 unspecified atom stereocenters. The Morgan fingerprint density at radius 2 is 2.04 bits per heavy atom. The van der Waals surface area contributed by atoms with E-state index < -0.39 is 24.0 Å². The summed E-state index contributed by atoms with van der Waals surface area (Å²) in [6, 6.07) is 3.60. The molecule has 1 heterocycles. The number of nitrogens with zero attached hydrogens (tertiary/aromatic N) is 1. The van der Waals surface area contributed by atoms with Crippen molar-refractivity contribution >= 4 is 34.9 Å². The van der Waals surface area contributed by atoms with Gasteiger partial charge in [-0.15, -0.1) is 11.6 Å². The Labute approximate surface area is 145 Å². The van der Waals surface area contributed by atoms with E-state index in [4.69, 9.17) is 16.3 Å². The number of rotatable bonds is 6. The van der Waals surface area contributed by atoms with Gasteiger partial charge in [-0.25, -0.2) is 4.79 Å². The molecule has 0 bridgehead atoms. The summed E-state index contributed by atoms with van der Waals surface area (Å²) < 4.78 is 5.75. The van der Waals surface area contributed by atoms with Gasteiger partial charge in [-0.05, 0) is 30.5 Å². The number of carbonyl (C=O) groups is 3. The van der Waals surface area contributed by atoms with Crippen LogP contribution in [-0.2, 0) is 9.59 Å². The lowest BCUT2D eigenvalue weighted by Gasteiger charge is -2.38. The Balaban J connectivity index is 2.60. The van der Waals surface area contributed by atoms with Gasteiger partial charge < -0.3 is 9.84 Å². The number of alkyl halides is 1. The average Bonchev–Trinajstić information content (AvgIpc) is 2.55. The first-order valence-corrected chi connectivity index (χ1v) is 8.31. The summed E-state index contributed by atoms with van der Waals surface area (Å²) in [5.41, 5.74) is 0.607. The fourth-order valence-electron chi connectivity index (χ4n) is 2.71. The molecule has 1 aromatic rings. The number of Topliss-reactive ketones (excluding diaryl/α,β-unsaturated/α-hetero) is 1. The van der Waals surface area contributed by atoms with Crippen LogP contribution in [0.25, 0.3) is 0 Å². The first-order chi connectivity index (χ1) is 11.3. The van der Waals surface area contributed by atoms with Crippen LogP contribution in [0.3, 0.4) is 0 Å². The second-order valence-electron chi connectivity index (χ2n) is 5.99. The van der Waals surface area contributed by atoms with Crippen LogP contribution in [0.5, 0.6) is 5.75 Å². The molecule has 2 atom stereocenters. The number of aliphatic carboxylic acids is 1. The van der Waals surface area contributed by atoms with Crippen molar-refractivity contribution in [3.8, 4) is 5.75 Å². The topological polar surface area (TPSA) is 83.9 Å². The summed E-state index contributed by atoms with van der Waals surface area (Å²) in [5.74, 6) is -1.75. The predicted molar refractivity (Wildman–Crippen MR) is 89.9 cm³/mol. The number of fused-ring (bicyclic) bond motifs is 1. The number of benzene rings is 1. The summed E-state index contributed by atoms with van der Waals surface area (Å²) in [7, 11) is 0. The highest BCUT2D eigenvalue weighted by Crippen LogP contribution is 2.38. The highest BCUT2D eigenvalue weighted by Gasteiger charge is 2.41. The number of amides is 1. The highest BCUT2D eigenvalue weighted by atomic mass is 35.5. The molecule has 1 aromatic carbocycles. The third kappa shape index (κ3) is 3.24. The molecule has 0 spiro atoms. The zero-order valence-corrected chi connectivity index (χ0v) is 14.5. The fourth-order valence-corrected chi connectivity index (χ4v) is 2.86. The maximum absolute atomic E-state index is 12.8. The number of carboxylic acids is 1. The zero-order valence-electron chi connectivity index (χ0n) is 13.8. The standard InChI is InChI=1S/C17H20ClNO5/c1-4-11(17(22)23)19-12-7-10(13(20)8-18)5-6-14(12)24-15(9(2)3)16(19)21/h5-7,9,11,15H,4,8H2,1-3H3,(H,22,23). The number of halogens is 1. The second kappa shape index (κ2) is 7.21. The maximum Gasteiger partial charge on any atom is 0.326 e. The molecule has 130 valence electrons. The smallest absolute Gasteiger partial charge is 0.326 e. The van der Waals surface area contributed by atoms with Crippen molar-refractivity contribution in [3.05, 3.63) is 23.8 Å². The van der Waals surface area contributed by atoms with Crippen LogP contribution >= 0.6 is 11.6 Å². The lowest BCUT2D eigenvalue weighted by atomic mass is 9.99. The number of hydrogen-bond donors (Lipinski definition) is 1. The van der Waals surface area contributed by atoms with Gasteiger partial charge in [0.25, 0.3) is 5.91 Å². The van der Waals surface area contributed by atoms with Gasteiger partial charge in [0.15, 0.2) is 11.9 Å². The predicted octanol–water partition coefficient (Wildman–Crippen LogP) is 2.72. The van der Waals surface area contributed by atoms with Gasteiger partial charge in [-0.2, -0.15) is 0 Å². The molecule has 0 fully saturated rings. The molecular formula is C17H20ClNO5. The molecule has 0 aromatic heterocycles. The Bertz CT molecular complexity index is 673. The lowest BCUT2D eigenvalue weighted by Crippen LogP contribution is -2.54. The van der Waals surface area contributed by atoms with Gasteiger partial charge >= 0.3 is 5.97 Å². The van der Waals surface area contributed by atoms with Crippen LogP contribution in [0.15, 0.2) is 18.2 Å². The van der Waals surface area contributed by atoms with E-state index in [1.165, 1.54) is 11.0 Å². The third-order valence-electron chi connectivity index (χ3n) is 3.99. The molecule has 6 nitrogen and oxygen atoms in total. The van der Waals surface area contributed by atoms with Crippen molar-refractivity contribution in [2.24, 2.45) is 5.92 Å². The average molecular weight is 354 g/mol. The quantitative estimate of drug-likeness (QED) is 0.628. The van der Waals surface area contributed by atoms with Crippen LogP contribution in [0.4, 0.5) is 5.69 Å². The summed E-state index contributed by atoms with van der Waals surface area (Å²) in [4.78, 5) is 37.5. The first-order valence-electron chi connectivity index (χ1n) is 7.77. The summed E-state index contributed by atoms with van der Waals surface area (Å²) >= 11 is 5.58. The minimum atomic E-state index is -1.10. The summed E-state index contributed by atoms with van der Waals surface area (Å²) in [5, 5.41) is 9.50. The van der Waals surface area contributed by atoms with E-state index in [0.29, 0.717) is 17.0 Å². The van der Waals surface area contributed by atoms with Gasteiger partial charge in [0.1, 0.15) is 11.8 Å². The van der Waals surface area contributed by atoms with Gasteiger partial charge in [0.2, 0.25) is 0 Å². The number of ketones is 1. The van der Waals surface area contributed by atoms with E-state index in [1.54, 1.807) is 19.1 Å². The monoisotopic (exact) mass is 353 g/mol. The highest BCUT2D eigenvalue weighted by molar-refractivity contribution is 6.30. The molecule has 0 aliphatic carbocycles. The Morgan fingerprint density at radius 1 is 1.38 bits per heavy atom. The molecule has 1 aliphatic heterocycles. The number of hydrogen-bond acceptors (Lipinski definition) is 4. The number of ether oxygens (including phenoxy) is 1. The van der Waals surface area contributed by atoms with Crippen LogP contribution in [0.1, 0.15) is 37.6 Å². The Morgan fingerprint density at radius 3 is 2.54 bits per heavy atom. The molecule has 1 amide bonds. The van der Waals surface area contributed by atoms with E-state index in [-0.39, 0.29) is 24.0 Å². The van der Waals surface area contributed by atoms with E-state index >= 15 is 0 Å². The van der Waals surface area contributed by atoms with Crippen LogP contribution in [0, 0.1) is 5.92 Å². The van der Waals surface area contributed by atoms with Crippen LogP contribution in [0.2, 0.25) is 0 Å². The SMILES string of the molecule is CCC(C(=O)O)N1C(=O)C(C(C)C)Oc2ccc(C(=O)CCl)cc21. The van der Waals surface area contributed by atoms with Crippen LogP contribution in [-0.4, -0.2) is 40.8 Å². The third-order valence-corrected chi connectivity index (χ3v) is 4.23. The summed E-state index contributed by atoms with van der Waals surface area (Å²) in [6.45, 7) is 5.36. The van der Waals surface area contributed by atoms with Crippen molar-refractivity contribution < 1.29 is 24.2 Å². The number of carbonyl (C=O) groups excluding carboxylic acids is 2. The van der Waals surface area contributed by atoms with Crippen molar-refractivity contribution in [1.82, 2.24) is 0 Å². The summed E-state index contributed by atoms with van der Waals surface area (Å²) in [6.07, 6.45) is -0.528.